The van der Waals surface area contributed by atoms with E-state index in [2.05, 4.69) is 73.6 Å². The van der Waals surface area contributed by atoms with Crippen LogP contribution >= 0.6 is 0 Å². The van der Waals surface area contributed by atoms with Crippen LogP contribution in [0.1, 0.15) is 22.4 Å². The minimum Gasteiger partial charge on any atom is -0.494 e. The zero-order valence-corrected chi connectivity index (χ0v) is 19.4. The first-order valence-corrected chi connectivity index (χ1v) is 11.6. The second kappa shape index (κ2) is 6.93. The minimum atomic E-state index is 0.665. The Morgan fingerprint density at radius 3 is 2.62 bits per heavy atom. The van der Waals surface area contributed by atoms with E-state index >= 15 is 0 Å². The van der Waals surface area contributed by atoms with Crippen LogP contribution in [-0.2, 0) is 13.0 Å². The Bertz CT molecular complexity index is 1750. The number of nitrogens with zero attached hydrogens (tertiary/aromatic N) is 5. The molecule has 0 unspecified atom stereocenters. The molecule has 1 aliphatic rings. The maximum atomic E-state index is 5.24. The molecule has 0 fully saturated rings. The van der Waals surface area contributed by atoms with Crippen LogP contribution in [0.4, 0.5) is 5.95 Å². The quantitative estimate of drug-likeness (QED) is 0.373. The highest BCUT2D eigenvalue weighted by molar-refractivity contribution is 6.23. The number of anilines is 1. The molecule has 1 aliphatic heterocycles. The van der Waals surface area contributed by atoms with Crippen molar-refractivity contribution in [2.75, 3.05) is 18.6 Å². The molecule has 0 radical (unpaired) electrons. The van der Waals surface area contributed by atoms with E-state index in [1.807, 2.05) is 6.20 Å². The zero-order chi connectivity index (χ0) is 23.0. The van der Waals surface area contributed by atoms with Crippen LogP contribution in [0.15, 0.2) is 48.9 Å². The average Bonchev–Trinajstić information content (AvgIpc) is 3.50. The number of aromatic nitrogens is 5. The summed E-state index contributed by atoms with van der Waals surface area (Å²) in [7, 11) is 1.63. The molecule has 7 rings (SSSR count). The smallest absolute Gasteiger partial charge is 0.225 e. The summed E-state index contributed by atoms with van der Waals surface area (Å²) >= 11 is 0. The molecule has 7 heteroatoms. The Morgan fingerprint density at radius 1 is 0.941 bits per heavy atom. The lowest BCUT2D eigenvalue weighted by Gasteiger charge is -2.26. The molecular formula is C27H24N6O. The van der Waals surface area contributed by atoms with Gasteiger partial charge in [0.1, 0.15) is 0 Å². The second-order valence-corrected chi connectivity index (χ2v) is 9.14. The van der Waals surface area contributed by atoms with E-state index in [-0.39, 0.29) is 0 Å². The lowest BCUT2D eigenvalue weighted by Crippen LogP contribution is -2.31. The van der Waals surface area contributed by atoms with E-state index < -0.39 is 0 Å². The first kappa shape index (κ1) is 19.3. The van der Waals surface area contributed by atoms with Gasteiger partial charge in [0.15, 0.2) is 5.75 Å². The van der Waals surface area contributed by atoms with Crippen LogP contribution in [0.5, 0.6) is 5.75 Å². The van der Waals surface area contributed by atoms with Crippen LogP contribution < -0.4 is 9.64 Å². The maximum Gasteiger partial charge on any atom is 0.225 e. The molecule has 4 aromatic heterocycles. The molecule has 0 atom stereocenters. The summed E-state index contributed by atoms with van der Waals surface area (Å²) in [5.74, 6) is 1.39. The number of H-pyrrole nitrogens is 1. The number of fused-ring (bicyclic) bond motifs is 10. The van der Waals surface area contributed by atoms with Crippen molar-refractivity contribution >= 4 is 44.0 Å². The fourth-order valence-electron chi connectivity index (χ4n) is 5.60. The summed E-state index contributed by atoms with van der Waals surface area (Å²) in [5.41, 5.74) is 8.55. The van der Waals surface area contributed by atoms with Crippen molar-refractivity contribution in [2.24, 2.45) is 0 Å². The van der Waals surface area contributed by atoms with Crippen molar-refractivity contribution in [3.63, 3.8) is 0 Å². The highest BCUT2D eigenvalue weighted by Gasteiger charge is 2.26. The first-order valence-electron chi connectivity index (χ1n) is 11.6. The van der Waals surface area contributed by atoms with E-state index in [1.165, 1.54) is 55.0 Å². The number of hydrogen-bond acceptors (Lipinski definition) is 5. The Morgan fingerprint density at radius 2 is 1.79 bits per heavy atom. The summed E-state index contributed by atoms with van der Waals surface area (Å²) in [5, 5.41) is 8.75. The van der Waals surface area contributed by atoms with Crippen LogP contribution in [0.25, 0.3) is 38.1 Å². The molecule has 0 amide bonds. The van der Waals surface area contributed by atoms with E-state index in [0.717, 1.165) is 31.0 Å². The van der Waals surface area contributed by atoms with Crippen LogP contribution in [0.2, 0.25) is 0 Å². The summed E-state index contributed by atoms with van der Waals surface area (Å²) < 4.78 is 7.55. The monoisotopic (exact) mass is 448 g/mol. The number of para-hydroxylation sites is 1. The third kappa shape index (κ3) is 2.55. The SMILES string of the molecule is COc1cnc(N2CCc3[nH]n4c5c(C)cccc5c5cc(C)c6nccc6c5c4c3C2)nc1. The van der Waals surface area contributed by atoms with Crippen molar-refractivity contribution in [2.45, 2.75) is 26.8 Å². The molecule has 0 saturated heterocycles. The lowest BCUT2D eigenvalue weighted by molar-refractivity contribution is 0.410. The molecule has 6 aromatic rings. The van der Waals surface area contributed by atoms with E-state index in [4.69, 9.17) is 4.74 Å². The van der Waals surface area contributed by atoms with Gasteiger partial charge in [-0.1, -0.05) is 18.2 Å². The second-order valence-electron chi connectivity index (χ2n) is 9.14. The van der Waals surface area contributed by atoms with Gasteiger partial charge in [0.05, 0.1) is 36.1 Å². The molecule has 34 heavy (non-hydrogen) atoms. The molecule has 168 valence electrons. The van der Waals surface area contributed by atoms with Gasteiger partial charge in [-0.05, 0) is 42.5 Å². The Balaban J connectivity index is 1.57. The van der Waals surface area contributed by atoms with Crippen LogP contribution in [-0.4, -0.2) is 38.2 Å². The lowest BCUT2D eigenvalue weighted by atomic mass is 9.95. The van der Waals surface area contributed by atoms with E-state index in [0.29, 0.717) is 5.75 Å². The predicted molar refractivity (Wildman–Crippen MR) is 135 cm³/mol. The van der Waals surface area contributed by atoms with Gasteiger partial charge in [-0.2, -0.15) is 0 Å². The number of rotatable bonds is 2. The van der Waals surface area contributed by atoms with Crippen molar-refractivity contribution < 1.29 is 4.74 Å². The van der Waals surface area contributed by atoms with Gasteiger partial charge in [-0.15, -0.1) is 0 Å². The van der Waals surface area contributed by atoms with Crippen LogP contribution in [0, 0.1) is 13.8 Å². The largest absolute Gasteiger partial charge is 0.494 e. The van der Waals surface area contributed by atoms with Gasteiger partial charge in [0, 0.05) is 53.1 Å². The molecule has 5 heterocycles. The van der Waals surface area contributed by atoms with Gasteiger partial charge in [-0.25, -0.2) is 9.97 Å². The predicted octanol–water partition coefficient (Wildman–Crippen LogP) is 5.10. The van der Waals surface area contributed by atoms with Gasteiger partial charge in [-0.3, -0.25) is 14.6 Å². The van der Waals surface area contributed by atoms with Crippen molar-refractivity contribution in [3.8, 4) is 5.75 Å². The van der Waals surface area contributed by atoms with Gasteiger partial charge in [0.2, 0.25) is 5.95 Å². The van der Waals surface area contributed by atoms with E-state index in [1.54, 1.807) is 19.5 Å². The Labute approximate surface area is 196 Å². The summed E-state index contributed by atoms with van der Waals surface area (Å²) in [6.45, 7) is 5.94. The molecule has 7 nitrogen and oxygen atoms in total. The standard InChI is InChI=1S/C27H24N6O/c1-15-5-4-6-18-20-11-16(2)24-19(7-9-28-24)23(20)26-21-14-32(27-29-12-17(34-3)13-30-27)10-8-22(21)31-33(26)25(15)18/h4-7,9,11-13,31H,8,10,14H2,1-3H3. The molecular weight excluding hydrogens is 424 g/mol. The average molecular weight is 449 g/mol. The topological polar surface area (TPSA) is 71.3 Å². The molecule has 0 spiro atoms. The third-order valence-electron chi connectivity index (χ3n) is 7.20. The summed E-state index contributed by atoms with van der Waals surface area (Å²) in [6, 6.07) is 11.0. The number of methoxy groups -OCH3 is 1. The fourth-order valence-corrected chi connectivity index (χ4v) is 5.60. The summed E-state index contributed by atoms with van der Waals surface area (Å²) in [6.07, 6.45) is 6.28. The van der Waals surface area contributed by atoms with Crippen molar-refractivity contribution in [1.82, 2.24) is 24.6 Å². The van der Waals surface area contributed by atoms with Crippen molar-refractivity contribution in [3.05, 3.63) is 71.3 Å². The number of pyridine rings is 1. The number of nitrogens with one attached hydrogen (secondary N) is 1. The van der Waals surface area contributed by atoms with Crippen molar-refractivity contribution in [1.29, 1.82) is 0 Å². The molecule has 2 aromatic carbocycles. The van der Waals surface area contributed by atoms with E-state index in [9.17, 15) is 0 Å². The molecule has 0 bridgehead atoms. The van der Waals surface area contributed by atoms with Gasteiger partial charge in [0.25, 0.3) is 0 Å². The highest BCUT2D eigenvalue weighted by atomic mass is 16.5. The number of aromatic amines is 1. The first-order chi connectivity index (χ1) is 16.6. The highest BCUT2D eigenvalue weighted by Crippen LogP contribution is 2.40. The van der Waals surface area contributed by atoms with Gasteiger partial charge < -0.3 is 9.64 Å². The maximum absolute atomic E-state index is 5.24. The normalized spacial score (nSPS) is 13.9. The third-order valence-corrected chi connectivity index (χ3v) is 7.20. The number of aryl methyl sites for hydroxylation is 2. The number of ether oxygens (including phenoxy) is 1. The summed E-state index contributed by atoms with van der Waals surface area (Å²) in [4.78, 5) is 16.0. The Hall–Kier alpha value is -4.13. The fraction of sp³-hybridized carbons (Fsp3) is 0.222. The molecule has 1 N–H and O–H groups in total. The van der Waals surface area contributed by atoms with Gasteiger partial charge >= 0.3 is 0 Å². The number of hydrogen-bond donors (Lipinski definition) is 1. The number of benzene rings is 2. The molecule has 0 aliphatic carbocycles. The minimum absolute atomic E-state index is 0.665. The van der Waals surface area contributed by atoms with Crippen LogP contribution in [0.3, 0.4) is 0 Å². The molecule has 0 saturated carbocycles. The Kier molecular flexibility index (Phi) is 3.95. The zero-order valence-electron chi connectivity index (χ0n) is 19.4.